The molecule has 188 valence electrons. The summed E-state index contributed by atoms with van der Waals surface area (Å²) < 4.78 is 7.66. The van der Waals surface area contributed by atoms with E-state index in [4.69, 9.17) is 4.74 Å². The van der Waals surface area contributed by atoms with Crippen molar-refractivity contribution in [2.75, 3.05) is 11.0 Å². The highest BCUT2D eigenvalue weighted by atomic mass is 127. The zero-order valence-corrected chi connectivity index (χ0v) is 23.8. The van der Waals surface area contributed by atoms with Gasteiger partial charge in [0.2, 0.25) is 5.91 Å². The molecule has 0 heterocycles. The third-order valence-electron chi connectivity index (χ3n) is 10.5. The van der Waals surface area contributed by atoms with Gasteiger partial charge in [0, 0.05) is 19.6 Å². The topological polar surface area (TPSA) is 38.3 Å². The van der Waals surface area contributed by atoms with Gasteiger partial charge in [0.25, 0.3) is 0 Å². The van der Waals surface area contributed by atoms with Crippen molar-refractivity contribution < 1.29 is 9.53 Å². The van der Waals surface area contributed by atoms with Crippen molar-refractivity contribution >= 4 is 28.5 Å². The van der Waals surface area contributed by atoms with Crippen LogP contribution in [0.2, 0.25) is 0 Å². The molecule has 0 unspecified atom stereocenters. The van der Waals surface area contributed by atoms with E-state index < -0.39 is 0 Å². The first-order valence-electron chi connectivity index (χ1n) is 13.9. The largest absolute Gasteiger partial charge is 0.378 e. The lowest BCUT2D eigenvalue weighted by Gasteiger charge is -2.58. The van der Waals surface area contributed by atoms with Crippen LogP contribution in [0.1, 0.15) is 105 Å². The molecule has 4 aliphatic carbocycles. The molecule has 0 spiro atoms. The molecule has 1 N–H and O–H groups in total. The SMILES string of the molecule is CC(=O)N[C@H](C)[C@H]1CC[C@H]2[C@@H]3CC=C4C[C@@H](OCCCCCCI)CC[C@]4(C)[C@H]3CC[C@]12C. The van der Waals surface area contributed by atoms with Gasteiger partial charge in [0.05, 0.1) is 6.10 Å². The lowest BCUT2D eigenvalue weighted by atomic mass is 9.47. The van der Waals surface area contributed by atoms with E-state index in [2.05, 4.69) is 54.8 Å². The van der Waals surface area contributed by atoms with Gasteiger partial charge < -0.3 is 10.1 Å². The molecule has 1 amide bonds. The molecule has 0 bridgehead atoms. The van der Waals surface area contributed by atoms with E-state index >= 15 is 0 Å². The molecule has 0 aromatic carbocycles. The predicted octanol–water partition coefficient (Wildman–Crippen LogP) is 7.47. The normalized spacial score (nSPS) is 40.9. The van der Waals surface area contributed by atoms with Gasteiger partial charge in [0.1, 0.15) is 0 Å². The van der Waals surface area contributed by atoms with Crippen molar-refractivity contribution in [2.24, 2.45) is 34.5 Å². The number of fused-ring (bicyclic) bond motifs is 5. The Labute approximate surface area is 216 Å². The number of hydrogen-bond acceptors (Lipinski definition) is 2. The molecule has 0 aromatic rings. The van der Waals surface area contributed by atoms with Gasteiger partial charge in [-0.1, -0.05) is 60.9 Å². The van der Waals surface area contributed by atoms with Gasteiger partial charge in [-0.25, -0.2) is 0 Å². The van der Waals surface area contributed by atoms with E-state index in [0.29, 0.717) is 28.9 Å². The number of hydrogen-bond donors (Lipinski definition) is 1. The van der Waals surface area contributed by atoms with Crippen molar-refractivity contribution in [1.29, 1.82) is 0 Å². The summed E-state index contributed by atoms with van der Waals surface area (Å²) in [5.41, 5.74) is 2.52. The Kier molecular flexibility index (Phi) is 8.57. The van der Waals surface area contributed by atoms with Crippen LogP contribution in [0.15, 0.2) is 11.6 Å². The van der Waals surface area contributed by atoms with Crippen molar-refractivity contribution in [2.45, 2.75) is 117 Å². The number of nitrogens with one attached hydrogen (secondary N) is 1. The molecule has 4 rings (SSSR count). The summed E-state index contributed by atoms with van der Waals surface area (Å²) in [6.07, 6.45) is 18.7. The summed E-state index contributed by atoms with van der Waals surface area (Å²) in [4.78, 5) is 11.7. The summed E-state index contributed by atoms with van der Waals surface area (Å²) in [5, 5.41) is 3.24. The predicted molar refractivity (Wildman–Crippen MR) is 146 cm³/mol. The fraction of sp³-hybridized carbons (Fsp3) is 0.897. The number of halogens is 1. The third-order valence-corrected chi connectivity index (χ3v) is 11.3. The summed E-state index contributed by atoms with van der Waals surface area (Å²) in [6, 6.07) is 0.300. The third kappa shape index (κ3) is 5.22. The molecular formula is C29H48INO2. The van der Waals surface area contributed by atoms with Crippen LogP contribution in [0.4, 0.5) is 0 Å². The fourth-order valence-corrected chi connectivity index (χ4v) is 9.39. The summed E-state index contributed by atoms with van der Waals surface area (Å²) in [6.45, 7) is 10.0. The Hall–Kier alpha value is -0.100. The molecule has 8 atom stereocenters. The van der Waals surface area contributed by atoms with Crippen LogP contribution >= 0.6 is 22.6 Å². The highest BCUT2D eigenvalue weighted by Gasteiger charge is 2.59. The minimum atomic E-state index is 0.126. The van der Waals surface area contributed by atoms with E-state index in [0.717, 1.165) is 24.4 Å². The molecule has 0 radical (unpaired) electrons. The van der Waals surface area contributed by atoms with Crippen LogP contribution in [0.3, 0.4) is 0 Å². The number of allylic oxidation sites excluding steroid dienone is 1. The second-order valence-corrected chi connectivity index (χ2v) is 13.4. The molecule has 33 heavy (non-hydrogen) atoms. The molecule has 0 saturated heterocycles. The van der Waals surface area contributed by atoms with Crippen LogP contribution in [0.5, 0.6) is 0 Å². The number of amides is 1. The zero-order valence-electron chi connectivity index (χ0n) is 21.6. The Bertz CT molecular complexity index is 722. The summed E-state index contributed by atoms with van der Waals surface area (Å²) in [7, 11) is 0. The number of carbonyl (C=O) groups excluding carboxylic acids is 1. The number of alkyl halides is 1. The molecule has 0 aromatic heterocycles. The lowest BCUT2D eigenvalue weighted by molar-refractivity contribution is -0.120. The molecular weight excluding hydrogens is 521 g/mol. The van der Waals surface area contributed by atoms with Gasteiger partial charge in [0.15, 0.2) is 0 Å². The molecule has 4 aliphatic rings. The first-order chi connectivity index (χ1) is 15.8. The van der Waals surface area contributed by atoms with Crippen LogP contribution in [-0.2, 0) is 9.53 Å². The highest BCUT2D eigenvalue weighted by molar-refractivity contribution is 14.1. The molecule has 3 nitrogen and oxygen atoms in total. The van der Waals surface area contributed by atoms with E-state index in [1.54, 1.807) is 12.5 Å². The maximum absolute atomic E-state index is 11.7. The minimum Gasteiger partial charge on any atom is -0.378 e. The fourth-order valence-electron chi connectivity index (χ4n) is 8.85. The first kappa shape index (κ1) is 26.0. The average molecular weight is 570 g/mol. The smallest absolute Gasteiger partial charge is 0.217 e. The Balaban J connectivity index is 1.38. The van der Waals surface area contributed by atoms with Crippen LogP contribution in [0, 0.1) is 34.5 Å². The van der Waals surface area contributed by atoms with Gasteiger partial charge in [-0.2, -0.15) is 0 Å². The van der Waals surface area contributed by atoms with Crippen molar-refractivity contribution in [3.8, 4) is 0 Å². The Morgan fingerprint density at radius 1 is 1.12 bits per heavy atom. The number of ether oxygens (including phenoxy) is 1. The average Bonchev–Trinajstić information content (AvgIpc) is 3.13. The lowest BCUT2D eigenvalue weighted by Crippen LogP contribution is -2.52. The second-order valence-electron chi connectivity index (χ2n) is 12.3. The van der Waals surface area contributed by atoms with E-state index in [1.165, 1.54) is 81.5 Å². The molecule has 3 saturated carbocycles. The molecule has 3 fully saturated rings. The van der Waals surface area contributed by atoms with Crippen molar-refractivity contribution in [3.63, 3.8) is 0 Å². The van der Waals surface area contributed by atoms with Gasteiger partial charge >= 0.3 is 0 Å². The van der Waals surface area contributed by atoms with Crippen LogP contribution in [0.25, 0.3) is 0 Å². The van der Waals surface area contributed by atoms with Gasteiger partial charge in [-0.15, -0.1) is 0 Å². The Morgan fingerprint density at radius 3 is 2.67 bits per heavy atom. The second kappa shape index (κ2) is 10.9. The molecule has 4 heteroatoms. The van der Waals surface area contributed by atoms with Crippen molar-refractivity contribution in [3.05, 3.63) is 11.6 Å². The Morgan fingerprint density at radius 2 is 1.91 bits per heavy atom. The van der Waals surface area contributed by atoms with E-state index in [-0.39, 0.29) is 5.91 Å². The number of unbranched alkanes of at least 4 members (excludes halogenated alkanes) is 3. The van der Waals surface area contributed by atoms with Crippen LogP contribution < -0.4 is 5.32 Å². The van der Waals surface area contributed by atoms with Gasteiger partial charge in [-0.3, -0.25) is 4.79 Å². The number of carbonyl (C=O) groups is 1. The maximum atomic E-state index is 11.7. The standard InChI is InChI=1S/C29H48INO2/c1-20(31-21(2)32)25-11-12-26-24-10-9-22-19-23(33-18-8-6-5-7-17-30)13-15-28(22,3)27(24)14-16-29(25,26)4/h9,20,23-27H,5-8,10-19H2,1-4H3,(H,31,32)/t20-,23+,24+,25-,26+,27+,28+,29-/m1/s1. The van der Waals surface area contributed by atoms with Crippen molar-refractivity contribution in [1.82, 2.24) is 5.32 Å². The number of rotatable bonds is 9. The quantitative estimate of drug-likeness (QED) is 0.135. The first-order valence-corrected chi connectivity index (χ1v) is 15.5. The molecule has 0 aliphatic heterocycles. The zero-order chi connectivity index (χ0) is 23.6. The van der Waals surface area contributed by atoms with E-state index in [1.807, 2.05) is 0 Å². The minimum absolute atomic E-state index is 0.126. The summed E-state index contributed by atoms with van der Waals surface area (Å²) in [5.74, 6) is 3.26. The highest BCUT2D eigenvalue weighted by Crippen LogP contribution is 2.66. The summed E-state index contributed by atoms with van der Waals surface area (Å²) >= 11 is 2.48. The van der Waals surface area contributed by atoms with E-state index in [9.17, 15) is 4.79 Å². The van der Waals surface area contributed by atoms with Crippen LogP contribution in [-0.4, -0.2) is 29.1 Å². The van der Waals surface area contributed by atoms with Gasteiger partial charge in [-0.05, 0) is 110 Å². The monoisotopic (exact) mass is 569 g/mol. The maximum Gasteiger partial charge on any atom is 0.217 e.